The van der Waals surface area contributed by atoms with Crippen LogP contribution in [-0.4, -0.2) is 24.4 Å². The molecule has 0 radical (unpaired) electrons. The quantitative estimate of drug-likeness (QED) is 0.771. The summed E-state index contributed by atoms with van der Waals surface area (Å²) in [6, 6.07) is 4.97. The van der Waals surface area contributed by atoms with E-state index < -0.39 is 23.6 Å². The van der Waals surface area contributed by atoms with Gasteiger partial charge in [0.15, 0.2) is 11.6 Å². The minimum atomic E-state index is -1.25. The molecule has 1 unspecified atom stereocenters. The van der Waals surface area contributed by atoms with Crippen LogP contribution in [0.5, 0.6) is 0 Å². The zero-order valence-electron chi connectivity index (χ0n) is 11.0. The van der Waals surface area contributed by atoms with Crippen molar-refractivity contribution in [2.45, 2.75) is 12.7 Å². The second-order valence-electron chi connectivity index (χ2n) is 4.38. The molecule has 114 valence electrons. The fraction of sp³-hybridized carbons (Fsp3) is 0.286. The van der Waals surface area contributed by atoms with Gasteiger partial charge in [0.1, 0.15) is 5.82 Å². The molecule has 0 spiro atoms. The van der Waals surface area contributed by atoms with Gasteiger partial charge in [0.25, 0.3) is 0 Å². The van der Waals surface area contributed by atoms with Gasteiger partial charge in [-0.15, -0.1) is 11.3 Å². The molecular weight excluding hydrogens is 303 g/mol. The van der Waals surface area contributed by atoms with Crippen molar-refractivity contribution >= 4 is 17.0 Å². The lowest BCUT2D eigenvalue weighted by Crippen LogP contribution is -2.25. The molecule has 0 bridgehead atoms. The Hall–Kier alpha value is -1.57. The average molecular weight is 317 g/mol. The van der Waals surface area contributed by atoms with Gasteiger partial charge in [-0.3, -0.25) is 0 Å². The molecule has 0 aliphatic rings. The molecule has 0 aliphatic carbocycles. The van der Waals surface area contributed by atoms with Crippen LogP contribution < -0.4 is 5.32 Å². The fourth-order valence-corrected chi connectivity index (χ4v) is 2.28. The third kappa shape index (κ3) is 4.73. The SMILES string of the molecule is OC(CNc1cc(F)c(F)cc1F)COCc1cccs1. The lowest BCUT2D eigenvalue weighted by molar-refractivity contribution is 0.0358. The number of halogens is 3. The predicted octanol–water partition coefficient (Wildman–Crippen LogP) is 3.16. The first-order valence-electron chi connectivity index (χ1n) is 6.23. The first-order valence-corrected chi connectivity index (χ1v) is 7.11. The highest BCUT2D eigenvalue weighted by Crippen LogP contribution is 2.18. The zero-order chi connectivity index (χ0) is 15.2. The lowest BCUT2D eigenvalue weighted by atomic mass is 10.2. The predicted molar refractivity (Wildman–Crippen MR) is 74.8 cm³/mol. The Balaban J connectivity index is 1.76. The third-order valence-corrected chi connectivity index (χ3v) is 3.52. The molecule has 21 heavy (non-hydrogen) atoms. The molecule has 0 saturated heterocycles. The number of benzene rings is 1. The molecule has 2 aromatic rings. The van der Waals surface area contributed by atoms with Gasteiger partial charge in [-0.2, -0.15) is 0 Å². The van der Waals surface area contributed by atoms with E-state index in [1.54, 1.807) is 11.3 Å². The molecule has 7 heteroatoms. The van der Waals surface area contributed by atoms with Crippen LogP contribution >= 0.6 is 11.3 Å². The normalized spacial score (nSPS) is 12.4. The Kier molecular flexibility index (Phi) is 5.60. The molecule has 1 heterocycles. The van der Waals surface area contributed by atoms with E-state index in [1.165, 1.54) is 0 Å². The van der Waals surface area contributed by atoms with E-state index in [1.807, 2.05) is 17.5 Å². The van der Waals surface area contributed by atoms with Gasteiger partial charge in [0.2, 0.25) is 0 Å². The summed E-state index contributed by atoms with van der Waals surface area (Å²) in [6.45, 7) is 0.400. The van der Waals surface area contributed by atoms with Crippen molar-refractivity contribution in [3.05, 3.63) is 52.0 Å². The van der Waals surface area contributed by atoms with Crippen LogP contribution in [0.3, 0.4) is 0 Å². The van der Waals surface area contributed by atoms with E-state index in [9.17, 15) is 18.3 Å². The number of hydrogen-bond acceptors (Lipinski definition) is 4. The van der Waals surface area contributed by atoms with Crippen LogP contribution in [0.2, 0.25) is 0 Å². The van der Waals surface area contributed by atoms with Crippen LogP contribution in [-0.2, 0) is 11.3 Å². The van der Waals surface area contributed by atoms with Crippen molar-refractivity contribution in [1.82, 2.24) is 0 Å². The summed E-state index contributed by atoms with van der Waals surface area (Å²) in [5, 5.41) is 14.1. The van der Waals surface area contributed by atoms with Gasteiger partial charge in [0.05, 0.1) is 25.0 Å². The largest absolute Gasteiger partial charge is 0.389 e. The maximum absolute atomic E-state index is 13.3. The van der Waals surface area contributed by atoms with Crippen LogP contribution in [0.1, 0.15) is 4.88 Å². The smallest absolute Gasteiger partial charge is 0.161 e. The first-order chi connectivity index (χ1) is 10.1. The van der Waals surface area contributed by atoms with Gasteiger partial charge < -0.3 is 15.2 Å². The molecule has 0 aliphatic heterocycles. The van der Waals surface area contributed by atoms with Crippen molar-refractivity contribution in [3.8, 4) is 0 Å². The number of thiophene rings is 1. The molecule has 0 saturated carbocycles. The molecular formula is C14H14F3NO2S. The van der Waals surface area contributed by atoms with E-state index in [0.29, 0.717) is 18.7 Å². The molecule has 1 atom stereocenters. The van der Waals surface area contributed by atoms with Crippen LogP contribution in [0, 0.1) is 17.5 Å². The standard InChI is InChI=1S/C14H14F3NO2S/c15-11-4-13(17)14(5-12(11)16)18-6-9(19)7-20-8-10-2-1-3-21-10/h1-5,9,18-19H,6-8H2. The third-order valence-electron chi connectivity index (χ3n) is 2.67. The van der Waals surface area contributed by atoms with Crippen molar-refractivity contribution in [3.63, 3.8) is 0 Å². The van der Waals surface area contributed by atoms with Gasteiger partial charge in [-0.25, -0.2) is 13.2 Å². The monoisotopic (exact) mass is 317 g/mol. The highest BCUT2D eigenvalue weighted by molar-refractivity contribution is 7.09. The zero-order valence-corrected chi connectivity index (χ0v) is 11.8. The average Bonchev–Trinajstić information content (AvgIpc) is 2.94. The number of aliphatic hydroxyl groups is 1. The number of aliphatic hydroxyl groups excluding tert-OH is 1. The summed E-state index contributed by atoms with van der Waals surface area (Å²) in [6.07, 6.45) is -0.891. The summed E-state index contributed by atoms with van der Waals surface area (Å²) < 4.78 is 44.4. The summed E-state index contributed by atoms with van der Waals surface area (Å²) in [7, 11) is 0. The molecule has 3 nitrogen and oxygen atoms in total. The van der Waals surface area contributed by atoms with E-state index in [4.69, 9.17) is 4.74 Å². The van der Waals surface area contributed by atoms with Crippen LogP contribution in [0.15, 0.2) is 29.6 Å². The van der Waals surface area contributed by atoms with E-state index in [-0.39, 0.29) is 18.8 Å². The molecule has 0 fully saturated rings. The molecule has 2 N–H and O–H groups in total. The Morgan fingerprint density at radius 3 is 2.67 bits per heavy atom. The van der Waals surface area contributed by atoms with Gasteiger partial charge >= 0.3 is 0 Å². The number of ether oxygens (including phenoxy) is 1. The Labute approximate surface area is 124 Å². The van der Waals surface area contributed by atoms with Gasteiger partial charge in [-0.05, 0) is 11.4 Å². The van der Waals surface area contributed by atoms with Gasteiger partial charge in [-0.1, -0.05) is 6.07 Å². The molecule has 1 aromatic carbocycles. The van der Waals surface area contributed by atoms with Gasteiger partial charge in [0, 0.05) is 23.6 Å². The molecule has 2 rings (SSSR count). The van der Waals surface area contributed by atoms with Crippen LogP contribution in [0.25, 0.3) is 0 Å². The van der Waals surface area contributed by atoms with Crippen molar-refractivity contribution in [2.24, 2.45) is 0 Å². The first kappa shape index (κ1) is 15.8. The second-order valence-corrected chi connectivity index (χ2v) is 5.41. The minimum absolute atomic E-state index is 0.0353. The summed E-state index contributed by atoms with van der Waals surface area (Å²) >= 11 is 1.54. The molecule has 0 amide bonds. The summed E-state index contributed by atoms with van der Waals surface area (Å²) in [4.78, 5) is 1.03. The second kappa shape index (κ2) is 7.44. The van der Waals surface area contributed by atoms with Crippen molar-refractivity contribution in [1.29, 1.82) is 0 Å². The maximum Gasteiger partial charge on any atom is 0.161 e. The Morgan fingerprint density at radius 1 is 1.19 bits per heavy atom. The minimum Gasteiger partial charge on any atom is -0.389 e. The number of rotatable bonds is 7. The highest BCUT2D eigenvalue weighted by Gasteiger charge is 2.11. The van der Waals surface area contributed by atoms with Crippen LogP contribution in [0.4, 0.5) is 18.9 Å². The highest BCUT2D eigenvalue weighted by atomic mass is 32.1. The number of nitrogens with one attached hydrogen (secondary N) is 1. The number of hydrogen-bond donors (Lipinski definition) is 2. The lowest BCUT2D eigenvalue weighted by Gasteiger charge is -2.13. The van der Waals surface area contributed by atoms with Crippen molar-refractivity contribution in [2.75, 3.05) is 18.5 Å². The summed E-state index contributed by atoms with van der Waals surface area (Å²) in [5.74, 6) is -3.32. The van der Waals surface area contributed by atoms with E-state index in [0.717, 1.165) is 4.88 Å². The van der Waals surface area contributed by atoms with Crippen molar-refractivity contribution < 1.29 is 23.0 Å². The van der Waals surface area contributed by atoms with E-state index in [2.05, 4.69) is 5.32 Å². The fourth-order valence-electron chi connectivity index (χ4n) is 1.63. The molecule has 1 aromatic heterocycles. The number of anilines is 1. The maximum atomic E-state index is 13.3. The topological polar surface area (TPSA) is 41.5 Å². The summed E-state index contributed by atoms with van der Waals surface area (Å²) in [5.41, 5.74) is -0.203. The Bertz CT molecular complexity index is 578. The Morgan fingerprint density at radius 2 is 1.95 bits per heavy atom. The van der Waals surface area contributed by atoms with E-state index >= 15 is 0 Å².